The van der Waals surface area contributed by atoms with Gasteiger partial charge in [0, 0.05) is 27.2 Å². The van der Waals surface area contributed by atoms with Crippen LogP contribution in [0.1, 0.15) is 12.5 Å². The number of guanidine groups is 1. The Labute approximate surface area is 140 Å². The Kier molecular flexibility index (Phi) is 7.94. The van der Waals surface area contributed by atoms with E-state index in [1.54, 1.807) is 26.1 Å². The molecule has 0 radical (unpaired) electrons. The zero-order valence-corrected chi connectivity index (χ0v) is 14.3. The van der Waals surface area contributed by atoms with E-state index in [9.17, 15) is 13.6 Å². The van der Waals surface area contributed by atoms with Crippen molar-refractivity contribution in [3.8, 4) is 5.75 Å². The minimum absolute atomic E-state index is 0.116. The van der Waals surface area contributed by atoms with E-state index < -0.39 is 6.61 Å². The van der Waals surface area contributed by atoms with Crippen LogP contribution >= 0.6 is 0 Å². The molecule has 0 aliphatic rings. The predicted molar refractivity (Wildman–Crippen MR) is 87.1 cm³/mol. The summed E-state index contributed by atoms with van der Waals surface area (Å²) < 4.78 is 33.2. The van der Waals surface area contributed by atoms with Crippen molar-refractivity contribution in [1.82, 2.24) is 10.2 Å². The Balaban J connectivity index is 2.58. The molecule has 1 unspecified atom stereocenters. The molecule has 134 valence electrons. The molecular formula is C16H23F2N3O3. The van der Waals surface area contributed by atoms with E-state index in [1.807, 2.05) is 11.9 Å². The molecule has 1 atom stereocenters. The van der Waals surface area contributed by atoms with Gasteiger partial charge >= 0.3 is 12.6 Å². The molecule has 1 aromatic carbocycles. The molecule has 1 N–H and O–H groups in total. The highest BCUT2D eigenvalue weighted by Gasteiger charge is 2.15. The van der Waals surface area contributed by atoms with Gasteiger partial charge in [-0.2, -0.15) is 8.78 Å². The fourth-order valence-electron chi connectivity index (χ4n) is 2.04. The van der Waals surface area contributed by atoms with Crippen molar-refractivity contribution in [3.63, 3.8) is 0 Å². The summed E-state index contributed by atoms with van der Waals surface area (Å²) in [5.41, 5.74) is 0.906. The first kappa shape index (κ1) is 19.7. The van der Waals surface area contributed by atoms with Crippen LogP contribution < -0.4 is 10.1 Å². The molecule has 0 aliphatic carbocycles. The lowest BCUT2D eigenvalue weighted by atomic mass is 10.2. The van der Waals surface area contributed by atoms with Crippen molar-refractivity contribution in [1.29, 1.82) is 0 Å². The third-order valence-electron chi connectivity index (χ3n) is 3.31. The van der Waals surface area contributed by atoms with Gasteiger partial charge in [0.25, 0.3) is 0 Å². The number of esters is 1. The maximum absolute atomic E-state index is 12.1. The van der Waals surface area contributed by atoms with Crippen molar-refractivity contribution in [2.45, 2.75) is 20.1 Å². The lowest BCUT2D eigenvalue weighted by Crippen LogP contribution is -2.41. The molecule has 0 spiro atoms. The van der Waals surface area contributed by atoms with Crippen LogP contribution in [0.4, 0.5) is 8.78 Å². The third-order valence-corrected chi connectivity index (χ3v) is 3.31. The zero-order chi connectivity index (χ0) is 18.1. The normalized spacial score (nSPS) is 12.7. The quantitative estimate of drug-likeness (QED) is 0.467. The molecule has 1 aromatic rings. The summed E-state index contributed by atoms with van der Waals surface area (Å²) in [6, 6.07) is 6.40. The number of halogens is 2. The number of rotatable bonds is 7. The standard InChI is InChI=1S/C16H23F2N3O3/c1-11(14(22)23-4)9-20-16(19-2)21(3)10-12-5-7-13(8-6-12)24-15(17)18/h5-8,11,15H,9-10H2,1-4H3,(H,19,20). The first-order valence-corrected chi connectivity index (χ1v) is 7.40. The number of carbonyl (C=O) groups excluding carboxylic acids is 1. The zero-order valence-electron chi connectivity index (χ0n) is 14.3. The van der Waals surface area contributed by atoms with E-state index in [2.05, 4.69) is 19.8 Å². The molecule has 0 saturated carbocycles. The van der Waals surface area contributed by atoms with Gasteiger partial charge in [0.05, 0.1) is 13.0 Å². The van der Waals surface area contributed by atoms with E-state index in [0.29, 0.717) is 19.0 Å². The highest BCUT2D eigenvalue weighted by Crippen LogP contribution is 2.15. The van der Waals surface area contributed by atoms with Gasteiger partial charge in [-0.15, -0.1) is 0 Å². The van der Waals surface area contributed by atoms with Crippen LogP contribution in [0.2, 0.25) is 0 Å². The molecule has 0 aromatic heterocycles. The topological polar surface area (TPSA) is 63.2 Å². The Bertz CT molecular complexity index is 550. The second kappa shape index (κ2) is 9.69. The van der Waals surface area contributed by atoms with Crippen molar-refractivity contribution in [2.75, 3.05) is 27.7 Å². The van der Waals surface area contributed by atoms with E-state index in [-0.39, 0.29) is 17.6 Å². The second-order valence-electron chi connectivity index (χ2n) is 5.23. The van der Waals surface area contributed by atoms with Gasteiger partial charge in [-0.05, 0) is 17.7 Å². The number of benzene rings is 1. The van der Waals surface area contributed by atoms with Crippen LogP contribution in [0.25, 0.3) is 0 Å². The van der Waals surface area contributed by atoms with Gasteiger partial charge in [0.1, 0.15) is 5.75 Å². The summed E-state index contributed by atoms with van der Waals surface area (Å²) in [5.74, 6) is 0.130. The molecule has 0 heterocycles. The average molecular weight is 343 g/mol. The molecule has 24 heavy (non-hydrogen) atoms. The van der Waals surface area contributed by atoms with Gasteiger partial charge in [0.15, 0.2) is 5.96 Å². The molecule has 0 amide bonds. The van der Waals surface area contributed by atoms with Crippen LogP contribution in [0.3, 0.4) is 0 Å². The first-order valence-electron chi connectivity index (χ1n) is 7.40. The maximum atomic E-state index is 12.1. The third kappa shape index (κ3) is 6.39. The monoisotopic (exact) mass is 343 g/mol. The highest BCUT2D eigenvalue weighted by atomic mass is 19.3. The predicted octanol–water partition coefficient (Wildman–Crippen LogP) is 2.10. The smallest absolute Gasteiger partial charge is 0.387 e. The number of ether oxygens (including phenoxy) is 2. The van der Waals surface area contributed by atoms with Crippen molar-refractivity contribution >= 4 is 11.9 Å². The van der Waals surface area contributed by atoms with E-state index in [1.165, 1.54) is 19.2 Å². The number of hydrogen-bond acceptors (Lipinski definition) is 4. The summed E-state index contributed by atoms with van der Waals surface area (Å²) in [5, 5.41) is 3.09. The number of alkyl halides is 2. The fourth-order valence-corrected chi connectivity index (χ4v) is 2.04. The van der Waals surface area contributed by atoms with Gasteiger partial charge in [-0.25, -0.2) is 0 Å². The van der Waals surface area contributed by atoms with Crippen molar-refractivity contribution in [2.24, 2.45) is 10.9 Å². The van der Waals surface area contributed by atoms with Crippen LogP contribution in [0.15, 0.2) is 29.3 Å². The number of methoxy groups -OCH3 is 1. The summed E-state index contributed by atoms with van der Waals surface area (Å²) in [6.07, 6.45) is 0. The fraction of sp³-hybridized carbons (Fsp3) is 0.500. The van der Waals surface area contributed by atoms with Gasteiger partial charge in [-0.1, -0.05) is 19.1 Å². The highest BCUT2D eigenvalue weighted by molar-refractivity contribution is 5.80. The number of nitrogens with one attached hydrogen (secondary N) is 1. The Hall–Kier alpha value is -2.38. The molecule has 8 heteroatoms. The number of aliphatic imine (C=N–C) groups is 1. The first-order chi connectivity index (χ1) is 11.4. The summed E-state index contributed by atoms with van der Waals surface area (Å²) in [7, 11) is 4.82. The summed E-state index contributed by atoms with van der Waals surface area (Å²) in [4.78, 5) is 17.4. The average Bonchev–Trinajstić information content (AvgIpc) is 2.55. The summed E-state index contributed by atoms with van der Waals surface area (Å²) in [6.45, 7) is -0.168. The molecule has 1 rings (SSSR count). The molecule has 0 saturated heterocycles. The van der Waals surface area contributed by atoms with Crippen LogP contribution in [0, 0.1) is 5.92 Å². The second-order valence-corrected chi connectivity index (χ2v) is 5.23. The minimum Gasteiger partial charge on any atom is -0.469 e. The number of hydrogen-bond donors (Lipinski definition) is 1. The van der Waals surface area contributed by atoms with Gasteiger partial charge in [-0.3, -0.25) is 9.79 Å². The van der Waals surface area contributed by atoms with Crippen molar-refractivity contribution in [3.05, 3.63) is 29.8 Å². The van der Waals surface area contributed by atoms with E-state index in [4.69, 9.17) is 0 Å². The van der Waals surface area contributed by atoms with E-state index >= 15 is 0 Å². The number of nitrogens with zero attached hydrogens (tertiary/aromatic N) is 2. The van der Waals surface area contributed by atoms with Gasteiger partial charge in [0.2, 0.25) is 0 Å². The van der Waals surface area contributed by atoms with Gasteiger partial charge < -0.3 is 19.7 Å². The molecule has 0 fully saturated rings. The van der Waals surface area contributed by atoms with Crippen LogP contribution in [-0.2, 0) is 16.1 Å². The molecule has 6 nitrogen and oxygen atoms in total. The molecule has 0 bridgehead atoms. The van der Waals surface area contributed by atoms with Crippen LogP contribution in [0.5, 0.6) is 5.75 Å². The Morgan fingerprint density at radius 1 is 1.33 bits per heavy atom. The van der Waals surface area contributed by atoms with E-state index in [0.717, 1.165) is 5.56 Å². The molecular weight excluding hydrogens is 320 g/mol. The van der Waals surface area contributed by atoms with Crippen molar-refractivity contribution < 1.29 is 23.0 Å². The number of carbonyl (C=O) groups is 1. The summed E-state index contributed by atoms with van der Waals surface area (Å²) >= 11 is 0. The Morgan fingerprint density at radius 3 is 2.46 bits per heavy atom. The molecule has 0 aliphatic heterocycles. The minimum atomic E-state index is -2.83. The lowest BCUT2D eigenvalue weighted by Gasteiger charge is -2.23. The maximum Gasteiger partial charge on any atom is 0.387 e. The Morgan fingerprint density at radius 2 is 1.96 bits per heavy atom. The largest absolute Gasteiger partial charge is 0.469 e. The SMILES string of the molecule is CN=C(NCC(C)C(=O)OC)N(C)Cc1ccc(OC(F)F)cc1. The van der Waals surface area contributed by atoms with Crippen LogP contribution in [-0.4, -0.2) is 51.2 Å². The lowest BCUT2D eigenvalue weighted by molar-refractivity contribution is -0.144.